The van der Waals surface area contributed by atoms with Crippen molar-refractivity contribution in [2.75, 3.05) is 23.4 Å². The summed E-state index contributed by atoms with van der Waals surface area (Å²) in [6.07, 6.45) is 0.568. The zero-order valence-electron chi connectivity index (χ0n) is 28.3. The minimum Gasteiger partial charge on any atom is -0.457 e. The Balaban J connectivity index is 1.37. The quantitative estimate of drug-likeness (QED) is 0.0716. The van der Waals surface area contributed by atoms with Gasteiger partial charge in [0.25, 0.3) is 11.8 Å². The predicted octanol–water partition coefficient (Wildman–Crippen LogP) is 4.86. The Bertz CT molecular complexity index is 1770. The Kier molecular flexibility index (Phi) is 12.5. The van der Waals surface area contributed by atoms with E-state index >= 15 is 0 Å². The van der Waals surface area contributed by atoms with Gasteiger partial charge in [-0.3, -0.25) is 19.3 Å². The van der Waals surface area contributed by atoms with Gasteiger partial charge in [0.15, 0.2) is 16.9 Å². The maximum Gasteiger partial charge on any atom is 0.356 e. The third-order valence-corrected chi connectivity index (χ3v) is 10.8. The van der Waals surface area contributed by atoms with Crippen LogP contribution < -0.4 is 10.6 Å². The van der Waals surface area contributed by atoms with E-state index in [4.69, 9.17) is 14.3 Å². The van der Waals surface area contributed by atoms with E-state index in [2.05, 4.69) is 20.8 Å². The van der Waals surface area contributed by atoms with Crippen LogP contribution in [0.3, 0.4) is 0 Å². The number of amides is 3. The smallest absolute Gasteiger partial charge is 0.356 e. The molecule has 1 aromatic heterocycles. The van der Waals surface area contributed by atoms with Crippen molar-refractivity contribution in [1.29, 1.82) is 0 Å². The first kappa shape index (κ1) is 37.6. The van der Waals surface area contributed by atoms with Gasteiger partial charge in [0, 0.05) is 16.0 Å². The zero-order valence-corrected chi connectivity index (χ0v) is 30.8. The molecule has 3 heterocycles. The van der Waals surface area contributed by atoms with Gasteiger partial charge in [0.1, 0.15) is 28.4 Å². The summed E-state index contributed by atoms with van der Waals surface area (Å²) in [4.78, 5) is 76.2. The number of carbonyl (C=O) groups is 5. The fourth-order valence-corrected chi connectivity index (χ4v) is 8.25. The van der Waals surface area contributed by atoms with Crippen molar-refractivity contribution in [2.45, 2.75) is 57.2 Å². The topological polar surface area (TPSA) is 166 Å². The van der Waals surface area contributed by atoms with Crippen LogP contribution in [-0.2, 0) is 38.3 Å². The second-order valence-corrected chi connectivity index (χ2v) is 15.3. The number of aromatic nitrogens is 1. The van der Waals surface area contributed by atoms with Gasteiger partial charge in [0.2, 0.25) is 13.0 Å². The number of carbonyl (C=O) groups excluding carboxylic acids is 5. The largest absolute Gasteiger partial charge is 0.457 e. The second kappa shape index (κ2) is 17.0. The van der Waals surface area contributed by atoms with Gasteiger partial charge in [-0.05, 0) is 44.1 Å². The Morgan fingerprint density at radius 3 is 2.37 bits per heavy atom. The van der Waals surface area contributed by atoms with Crippen LogP contribution in [0, 0.1) is 0 Å². The van der Waals surface area contributed by atoms with Gasteiger partial charge in [-0.15, -0.1) is 34.9 Å². The molecular formula is C35H37N5O8S3. The molecule has 1 unspecified atom stereocenters. The number of nitrogens with zero attached hydrogens (tertiary/aromatic N) is 3. The van der Waals surface area contributed by atoms with Gasteiger partial charge >= 0.3 is 11.9 Å². The molecule has 5 rings (SSSR count). The number of benzene rings is 2. The summed E-state index contributed by atoms with van der Waals surface area (Å²) < 4.78 is 11.4. The third-order valence-electron chi connectivity index (χ3n) is 7.23. The normalized spacial score (nSPS) is 17.3. The van der Waals surface area contributed by atoms with Crippen LogP contribution in [0.15, 0.2) is 81.8 Å². The van der Waals surface area contributed by atoms with E-state index in [-0.39, 0.29) is 22.2 Å². The van der Waals surface area contributed by atoms with Crippen LogP contribution in [0.1, 0.15) is 57.0 Å². The lowest BCUT2D eigenvalue weighted by molar-refractivity contribution is -0.160. The molecule has 0 bridgehead atoms. The van der Waals surface area contributed by atoms with Crippen LogP contribution in [0.25, 0.3) is 0 Å². The van der Waals surface area contributed by atoms with Crippen LogP contribution in [0.2, 0.25) is 0 Å². The molecular weight excluding hydrogens is 715 g/mol. The maximum absolute atomic E-state index is 14.1. The third kappa shape index (κ3) is 9.36. The van der Waals surface area contributed by atoms with Crippen molar-refractivity contribution in [2.24, 2.45) is 5.16 Å². The van der Waals surface area contributed by atoms with E-state index in [1.54, 1.807) is 20.8 Å². The molecule has 1 saturated heterocycles. The molecule has 2 aliphatic heterocycles. The van der Waals surface area contributed by atoms with Crippen molar-refractivity contribution in [3.8, 4) is 0 Å². The molecule has 0 spiro atoms. The minimum atomic E-state index is -1.02. The number of fused-ring (bicyclic) bond motifs is 1. The van der Waals surface area contributed by atoms with E-state index < -0.39 is 53.5 Å². The average molecular weight is 752 g/mol. The van der Waals surface area contributed by atoms with Crippen molar-refractivity contribution >= 4 is 75.9 Å². The molecule has 0 saturated carbocycles. The van der Waals surface area contributed by atoms with E-state index in [9.17, 15) is 24.0 Å². The first-order valence-electron chi connectivity index (χ1n) is 16.0. The molecule has 0 aliphatic carbocycles. The lowest BCUT2D eigenvalue weighted by Crippen LogP contribution is -2.71. The zero-order chi connectivity index (χ0) is 36.5. The molecule has 2 aliphatic rings. The van der Waals surface area contributed by atoms with E-state index in [1.807, 2.05) is 67.6 Å². The van der Waals surface area contributed by atoms with Gasteiger partial charge in [0.05, 0.1) is 0 Å². The lowest BCUT2D eigenvalue weighted by atomic mass is 10.0. The van der Waals surface area contributed by atoms with Gasteiger partial charge < -0.3 is 24.9 Å². The molecule has 16 heteroatoms. The number of thiazole rings is 1. The number of rotatable bonds is 15. The van der Waals surface area contributed by atoms with Crippen molar-refractivity contribution < 1.29 is 38.3 Å². The summed E-state index contributed by atoms with van der Waals surface area (Å²) in [5.74, 6) is -1.52. The van der Waals surface area contributed by atoms with E-state index in [1.165, 1.54) is 33.8 Å². The lowest BCUT2D eigenvalue weighted by Gasteiger charge is -2.49. The highest BCUT2D eigenvalue weighted by molar-refractivity contribution is 8.06. The van der Waals surface area contributed by atoms with Crippen molar-refractivity contribution in [3.05, 3.63) is 93.5 Å². The molecule has 1 fully saturated rings. The van der Waals surface area contributed by atoms with E-state index in [0.717, 1.165) is 39.5 Å². The summed E-state index contributed by atoms with van der Waals surface area (Å²) in [5.41, 5.74) is 0.655. The standard InChI is InChI=1S/C35H37N5O8S3/c1-5-16-49-24-19-50-32-27(38-30(43)26(23-18-51-34(37-23)36-20-41)39-46-17-25(42)48-35(2,3)4)31(44)40(32)28(24)33(45)47-29(21-12-8-6-9-13-21)22-14-10-7-11-15-22/h6-15,18,20,27,29,32H,5,16-17,19H2,1-4H3,(H,38,43)(H,36,37,41)/b39-26+/t27?,32-/m1/s1. The number of hydrogen-bond donors (Lipinski definition) is 2. The number of anilines is 1. The highest BCUT2D eigenvalue weighted by Crippen LogP contribution is 2.44. The summed E-state index contributed by atoms with van der Waals surface area (Å²) in [7, 11) is 0. The fraction of sp³-hybridized carbons (Fsp3) is 0.343. The molecule has 13 nitrogen and oxygen atoms in total. The number of nitrogens with one attached hydrogen (secondary N) is 2. The molecule has 2 atom stereocenters. The van der Waals surface area contributed by atoms with Gasteiger partial charge in [-0.1, -0.05) is 72.7 Å². The van der Waals surface area contributed by atoms with Crippen LogP contribution in [0.5, 0.6) is 0 Å². The van der Waals surface area contributed by atoms with Crippen LogP contribution in [-0.4, -0.2) is 80.9 Å². The highest BCUT2D eigenvalue weighted by Gasteiger charge is 2.55. The van der Waals surface area contributed by atoms with Crippen molar-refractivity contribution in [3.63, 3.8) is 0 Å². The molecule has 3 aromatic rings. The summed E-state index contributed by atoms with van der Waals surface area (Å²) >= 11 is 3.95. The first-order chi connectivity index (χ1) is 24.5. The number of ether oxygens (including phenoxy) is 2. The molecule has 268 valence electrons. The predicted molar refractivity (Wildman–Crippen MR) is 196 cm³/mol. The Labute approximate surface area is 307 Å². The van der Waals surface area contributed by atoms with Crippen molar-refractivity contribution in [1.82, 2.24) is 15.2 Å². The highest BCUT2D eigenvalue weighted by atomic mass is 32.2. The summed E-state index contributed by atoms with van der Waals surface area (Å²) in [5, 5.41) is 10.0. The number of hydrogen-bond acceptors (Lipinski definition) is 13. The second-order valence-electron chi connectivity index (χ2n) is 12.2. The molecule has 51 heavy (non-hydrogen) atoms. The number of esters is 2. The fourth-order valence-electron chi connectivity index (χ4n) is 5.10. The molecule has 3 amide bonds. The molecule has 2 aromatic carbocycles. The first-order valence-corrected chi connectivity index (χ1v) is 18.9. The SMILES string of the molecule is CCCSC1=C(C(=O)OC(c2ccccc2)c2ccccc2)N2C(=O)C(NC(=O)/C(=N/OCC(=O)OC(C)(C)C)c3csc(NC=O)n3)[C@H]2SC1. The Hall–Kier alpha value is -4.67. The number of thioether (sulfide) groups is 2. The maximum atomic E-state index is 14.1. The number of oxime groups is 1. The Morgan fingerprint density at radius 1 is 1.10 bits per heavy atom. The van der Waals surface area contributed by atoms with Crippen LogP contribution >= 0.6 is 34.9 Å². The Morgan fingerprint density at radius 2 is 1.76 bits per heavy atom. The summed E-state index contributed by atoms with van der Waals surface area (Å²) in [6.45, 7) is 6.53. The molecule has 2 N–H and O–H groups in total. The van der Waals surface area contributed by atoms with Gasteiger partial charge in [-0.25, -0.2) is 14.6 Å². The molecule has 0 radical (unpaired) electrons. The van der Waals surface area contributed by atoms with E-state index in [0.29, 0.717) is 12.2 Å². The minimum absolute atomic E-state index is 0.0428. The van der Waals surface area contributed by atoms with Gasteiger partial charge in [-0.2, -0.15) is 0 Å². The summed E-state index contributed by atoms with van der Waals surface area (Å²) in [6, 6.07) is 17.7. The monoisotopic (exact) mass is 751 g/mol. The number of β-lactam (4-membered cyclic amide) rings is 1. The van der Waals surface area contributed by atoms with Crippen LogP contribution in [0.4, 0.5) is 5.13 Å². The average Bonchev–Trinajstić information content (AvgIpc) is 3.58.